The van der Waals surface area contributed by atoms with Crippen molar-refractivity contribution in [1.29, 1.82) is 0 Å². The van der Waals surface area contributed by atoms with Crippen molar-refractivity contribution >= 4 is 11.6 Å². The van der Waals surface area contributed by atoms with Gasteiger partial charge in [0.2, 0.25) is 5.91 Å². The molecule has 0 fully saturated rings. The molecular formula is C14H21NO2. The summed E-state index contributed by atoms with van der Waals surface area (Å²) in [6.45, 7) is 8.13. The maximum atomic E-state index is 12.0. The quantitative estimate of drug-likeness (QED) is 0.872. The maximum Gasteiger partial charge on any atom is 0.227 e. The number of methoxy groups -OCH3 is 1. The van der Waals surface area contributed by atoms with Gasteiger partial charge in [0, 0.05) is 11.6 Å². The molecule has 0 bridgehead atoms. The molecule has 3 heteroatoms. The Bertz CT molecular complexity index is 376. The molecule has 0 radical (unpaired) electrons. The highest BCUT2D eigenvalue weighted by Crippen LogP contribution is 2.26. The van der Waals surface area contributed by atoms with Crippen LogP contribution in [-0.2, 0) is 4.79 Å². The molecule has 0 spiro atoms. The van der Waals surface area contributed by atoms with Crippen molar-refractivity contribution < 1.29 is 9.53 Å². The van der Waals surface area contributed by atoms with Crippen LogP contribution in [0.1, 0.15) is 27.7 Å². The molecule has 0 aliphatic carbocycles. The summed E-state index contributed by atoms with van der Waals surface area (Å²) in [7, 11) is 1.62. The van der Waals surface area contributed by atoms with Gasteiger partial charge in [-0.15, -0.1) is 0 Å². The Morgan fingerprint density at radius 3 is 2.18 bits per heavy atom. The number of ether oxygens (including phenoxy) is 1. The summed E-state index contributed by atoms with van der Waals surface area (Å²) in [6.07, 6.45) is 0. The van der Waals surface area contributed by atoms with Crippen LogP contribution in [0.15, 0.2) is 24.3 Å². The number of hydrogen-bond donors (Lipinski definition) is 1. The lowest BCUT2D eigenvalue weighted by Crippen LogP contribution is -2.30. The smallest absolute Gasteiger partial charge is 0.227 e. The van der Waals surface area contributed by atoms with Gasteiger partial charge < -0.3 is 10.1 Å². The SMILES string of the molecule is COc1ccc(NC(=O)C(C)C(C)(C)C)cc1. The third-order valence-electron chi connectivity index (χ3n) is 3.05. The lowest BCUT2D eigenvalue weighted by Gasteiger charge is -2.26. The van der Waals surface area contributed by atoms with Crippen LogP contribution in [0.25, 0.3) is 0 Å². The maximum absolute atomic E-state index is 12.0. The topological polar surface area (TPSA) is 38.3 Å². The van der Waals surface area contributed by atoms with Crippen LogP contribution < -0.4 is 10.1 Å². The number of nitrogens with one attached hydrogen (secondary N) is 1. The molecular weight excluding hydrogens is 214 g/mol. The Kier molecular flexibility index (Phi) is 4.16. The third kappa shape index (κ3) is 3.77. The van der Waals surface area contributed by atoms with E-state index in [-0.39, 0.29) is 17.2 Å². The first-order valence-corrected chi connectivity index (χ1v) is 5.79. The van der Waals surface area contributed by atoms with Crippen LogP contribution in [0.2, 0.25) is 0 Å². The molecule has 1 atom stereocenters. The number of rotatable bonds is 3. The molecule has 0 aliphatic heterocycles. The summed E-state index contributed by atoms with van der Waals surface area (Å²) < 4.78 is 5.06. The van der Waals surface area contributed by atoms with Crippen molar-refractivity contribution in [1.82, 2.24) is 0 Å². The number of benzene rings is 1. The highest BCUT2D eigenvalue weighted by atomic mass is 16.5. The van der Waals surface area contributed by atoms with Gasteiger partial charge in [0.05, 0.1) is 7.11 Å². The molecule has 0 aliphatic rings. The van der Waals surface area contributed by atoms with E-state index < -0.39 is 0 Å². The first-order valence-electron chi connectivity index (χ1n) is 5.79. The van der Waals surface area contributed by atoms with Crippen LogP contribution >= 0.6 is 0 Å². The highest BCUT2D eigenvalue weighted by Gasteiger charge is 2.26. The fraction of sp³-hybridized carbons (Fsp3) is 0.500. The van der Waals surface area contributed by atoms with Gasteiger partial charge in [-0.3, -0.25) is 4.79 Å². The Labute approximate surface area is 103 Å². The Balaban J connectivity index is 2.68. The Morgan fingerprint density at radius 2 is 1.76 bits per heavy atom. The van der Waals surface area contributed by atoms with Gasteiger partial charge in [-0.05, 0) is 29.7 Å². The van der Waals surface area contributed by atoms with Gasteiger partial charge in [0.1, 0.15) is 5.75 Å². The fourth-order valence-electron chi connectivity index (χ4n) is 1.32. The molecule has 3 nitrogen and oxygen atoms in total. The Hall–Kier alpha value is -1.51. The summed E-state index contributed by atoms with van der Waals surface area (Å²) in [4.78, 5) is 12.0. The summed E-state index contributed by atoms with van der Waals surface area (Å²) in [6, 6.07) is 7.34. The molecule has 1 rings (SSSR count). The highest BCUT2D eigenvalue weighted by molar-refractivity contribution is 5.92. The van der Waals surface area contributed by atoms with Crippen LogP contribution in [0, 0.1) is 11.3 Å². The average Bonchev–Trinajstić information content (AvgIpc) is 2.27. The van der Waals surface area contributed by atoms with E-state index >= 15 is 0 Å². The lowest BCUT2D eigenvalue weighted by atomic mass is 9.81. The molecule has 1 unspecified atom stereocenters. The van der Waals surface area contributed by atoms with E-state index in [1.807, 2.05) is 31.2 Å². The number of carbonyl (C=O) groups excluding carboxylic acids is 1. The van der Waals surface area contributed by atoms with Gasteiger partial charge in [-0.1, -0.05) is 27.7 Å². The van der Waals surface area contributed by atoms with Crippen molar-refractivity contribution in [2.75, 3.05) is 12.4 Å². The molecule has 1 aromatic rings. The monoisotopic (exact) mass is 235 g/mol. The first-order chi connectivity index (χ1) is 7.84. The summed E-state index contributed by atoms with van der Waals surface area (Å²) in [5, 5.41) is 2.91. The van der Waals surface area contributed by atoms with Crippen LogP contribution in [0.4, 0.5) is 5.69 Å². The molecule has 1 N–H and O–H groups in total. The molecule has 0 heterocycles. The molecule has 1 aromatic carbocycles. The van der Waals surface area contributed by atoms with Gasteiger partial charge in [0.25, 0.3) is 0 Å². The third-order valence-corrected chi connectivity index (χ3v) is 3.05. The number of anilines is 1. The van der Waals surface area contributed by atoms with Crippen molar-refractivity contribution in [2.45, 2.75) is 27.7 Å². The van der Waals surface area contributed by atoms with Crippen LogP contribution in [-0.4, -0.2) is 13.0 Å². The van der Waals surface area contributed by atoms with Crippen molar-refractivity contribution in [3.8, 4) is 5.75 Å². The van der Waals surface area contributed by atoms with Crippen LogP contribution in [0.5, 0.6) is 5.75 Å². The van der Waals surface area contributed by atoms with Crippen LogP contribution in [0.3, 0.4) is 0 Å². The lowest BCUT2D eigenvalue weighted by molar-refractivity contribution is -0.122. The summed E-state index contributed by atoms with van der Waals surface area (Å²) in [5.74, 6) is 0.791. The second-order valence-electron chi connectivity index (χ2n) is 5.31. The first kappa shape index (κ1) is 13.6. The summed E-state index contributed by atoms with van der Waals surface area (Å²) in [5.41, 5.74) is 0.767. The normalized spacial score (nSPS) is 13.0. The Morgan fingerprint density at radius 1 is 1.24 bits per heavy atom. The minimum Gasteiger partial charge on any atom is -0.497 e. The van der Waals surface area contributed by atoms with E-state index in [1.54, 1.807) is 7.11 Å². The molecule has 17 heavy (non-hydrogen) atoms. The largest absolute Gasteiger partial charge is 0.497 e. The van der Waals surface area contributed by atoms with Crippen molar-refractivity contribution in [2.24, 2.45) is 11.3 Å². The van der Waals surface area contributed by atoms with Gasteiger partial charge in [-0.2, -0.15) is 0 Å². The van der Waals surface area contributed by atoms with Gasteiger partial charge >= 0.3 is 0 Å². The van der Waals surface area contributed by atoms with E-state index in [2.05, 4.69) is 26.1 Å². The van der Waals surface area contributed by atoms with Gasteiger partial charge in [-0.25, -0.2) is 0 Å². The molecule has 0 saturated carbocycles. The average molecular weight is 235 g/mol. The zero-order valence-corrected chi connectivity index (χ0v) is 11.2. The number of carbonyl (C=O) groups is 1. The zero-order valence-electron chi connectivity index (χ0n) is 11.2. The fourth-order valence-corrected chi connectivity index (χ4v) is 1.32. The predicted octanol–water partition coefficient (Wildman–Crippen LogP) is 3.32. The molecule has 1 amide bonds. The standard InChI is InChI=1S/C14H21NO2/c1-10(14(2,3)4)13(16)15-11-6-8-12(17-5)9-7-11/h6-10H,1-5H3,(H,15,16). The van der Waals surface area contributed by atoms with E-state index in [4.69, 9.17) is 4.74 Å². The molecule has 0 aromatic heterocycles. The number of amides is 1. The summed E-state index contributed by atoms with van der Waals surface area (Å²) >= 11 is 0. The second kappa shape index (κ2) is 5.21. The molecule has 94 valence electrons. The molecule has 0 saturated heterocycles. The minimum atomic E-state index is -0.0374. The number of hydrogen-bond acceptors (Lipinski definition) is 2. The van der Waals surface area contributed by atoms with E-state index in [9.17, 15) is 4.79 Å². The van der Waals surface area contributed by atoms with E-state index in [1.165, 1.54) is 0 Å². The minimum absolute atomic E-state index is 0.0312. The second-order valence-corrected chi connectivity index (χ2v) is 5.31. The van der Waals surface area contributed by atoms with Gasteiger partial charge in [0.15, 0.2) is 0 Å². The van der Waals surface area contributed by atoms with Crippen molar-refractivity contribution in [3.63, 3.8) is 0 Å². The van der Waals surface area contributed by atoms with E-state index in [0.29, 0.717) is 0 Å². The van der Waals surface area contributed by atoms with E-state index in [0.717, 1.165) is 11.4 Å². The van der Waals surface area contributed by atoms with Crippen molar-refractivity contribution in [3.05, 3.63) is 24.3 Å². The zero-order chi connectivity index (χ0) is 13.1. The predicted molar refractivity (Wildman–Crippen MR) is 70.2 cm³/mol.